The maximum atomic E-state index is 8.88. The molecule has 0 saturated carbocycles. The van der Waals surface area contributed by atoms with E-state index in [4.69, 9.17) is 20.4 Å². The number of hydrogen-bond donors (Lipinski definition) is 4. The van der Waals surface area contributed by atoms with E-state index in [0.717, 1.165) is 0 Å². The van der Waals surface area contributed by atoms with Crippen LogP contribution in [0.3, 0.4) is 0 Å². The minimum atomic E-state index is -1.41. The van der Waals surface area contributed by atoms with Gasteiger partial charge >= 0.3 is 0 Å². The second-order valence-corrected chi connectivity index (χ2v) is 2.27. The van der Waals surface area contributed by atoms with Gasteiger partial charge in [-0.1, -0.05) is 0 Å². The van der Waals surface area contributed by atoms with Crippen molar-refractivity contribution in [3.63, 3.8) is 0 Å². The maximum Gasteiger partial charge on any atom is 0.183 e. The molecule has 5 heteroatoms. The van der Waals surface area contributed by atoms with Crippen molar-refractivity contribution in [3.8, 4) is 0 Å². The fraction of sp³-hybridized carbons (Fsp3) is 1.00. The standard InChI is InChI=1S/C5H10O5/c6-2-1-10-5(9)4(8)3(2)7/h2-9H,1H2/t2-,3+,4-,5?/m1/s1/i1+1. The first-order chi connectivity index (χ1) is 4.63. The lowest BCUT2D eigenvalue weighted by molar-refractivity contribution is -0.252. The smallest absolute Gasteiger partial charge is 0.183 e. The highest BCUT2D eigenvalue weighted by atomic mass is 16.7. The molecule has 10 heavy (non-hydrogen) atoms. The molecule has 1 unspecified atom stereocenters. The first-order valence-corrected chi connectivity index (χ1v) is 2.97. The molecule has 0 aliphatic carbocycles. The Labute approximate surface area is 57.5 Å². The second-order valence-electron chi connectivity index (χ2n) is 2.27. The van der Waals surface area contributed by atoms with Gasteiger partial charge in [0.25, 0.3) is 0 Å². The lowest BCUT2D eigenvalue weighted by atomic mass is 10.1. The fourth-order valence-corrected chi connectivity index (χ4v) is 0.791. The zero-order valence-corrected chi connectivity index (χ0v) is 5.21. The summed E-state index contributed by atoms with van der Waals surface area (Å²) in [4.78, 5) is 0. The van der Waals surface area contributed by atoms with Crippen LogP contribution in [-0.2, 0) is 4.74 Å². The van der Waals surface area contributed by atoms with Crippen LogP contribution in [0.1, 0.15) is 0 Å². The van der Waals surface area contributed by atoms with E-state index >= 15 is 0 Å². The largest absolute Gasteiger partial charge is 0.388 e. The van der Waals surface area contributed by atoms with E-state index in [-0.39, 0.29) is 6.61 Å². The number of aliphatic hydroxyl groups is 4. The van der Waals surface area contributed by atoms with Crippen LogP contribution in [0, 0.1) is 0 Å². The molecule has 1 heterocycles. The third kappa shape index (κ3) is 1.28. The summed E-state index contributed by atoms with van der Waals surface area (Å²) < 4.78 is 4.47. The molecule has 0 aromatic carbocycles. The van der Waals surface area contributed by atoms with Gasteiger partial charge in [-0.2, -0.15) is 0 Å². The number of rotatable bonds is 0. The SMILES string of the molecule is OC1O[13CH2][C@@H](O)[C@H](O)[C@H]1O. The summed E-state index contributed by atoms with van der Waals surface area (Å²) in [5, 5.41) is 35.3. The molecule has 1 aliphatic heterocycles. The van der Waals surface area contributed by atoms with Gasteiger partial charge < -0.3 is 25.2 Å². The Balaban J connectivity index is 2.52. The van der Waals surface area contributed by atoms with Gasteiger partial charge in [0.05, 0.1) is 6.61 Å². The Kier molecular flexibility index (Phi) is 2.22. The Morgan fingerprint density at radius 3 is 2.10 bits per heavy atom. The Morgan fingerprint density at radius 2 is 1.60 bits per heavy atom. The summed E-state index contributed by atoms with van der Waals surface area (Å²) >= 11 is 0. The quantitative estimate of drug-likeness (QED) is 0.285. The molecule has 60 valence electrons. The predicted octanol–water partition coefficient (Wildman–Crippen LogP) is -2.58. The third-order valence-electron chi connectivity index (χ3n) is 1.47. The minimum Gasteiger partial charge on any atom is -0.388 e. The molecular formula is C5H10O5. The molecule has 1 fully saturated rings. The molecule has 4 N–H and O–H groups in total. The molecule has 1 rings (SSSR count). The first-order valence-electron chi connectivity index (χ1n) is 2.97. The predicted molar refractivity (Wildman–Crippen MR) is 30.0 cm³/mol. The van der Waals surface area contributed by atoms with Crippen LogP contribution in [0.25, 0.3) is 0 Å². The van der Waals surface area contributed by atoms with Gasteiger partial charge in [-0.05, 0) is 0 Å². The molecule has 1 aliphatic rings. The molecule has 5 nitrogen and oxygen atoms in total. The van der Waals surface area contributed by atoms with E-state index in [0.29, 0.717) is 0 Å². The van der Waals surface area contributed by atoms with E-state index in [1.54, 1.807) is 0 Å². The van der Waals surface area contributed by atoms with Crippen LogP contribution < -0.4 is 0 Å². The lowest BCUT2D eigenvalue weighted by Gasteiger charge is -2.31. The van der Waals surface area contributed by atoms with Gasteiger partial charge in [0.1, 0.15) is 18.3 Å². The zero-order valence-electron chi connectivity index (χ0n) is 5.21. The van der Waals surface area contributed by atoms with Crippen molar-refractivity contribution in [1.29, 1.82) is 0 Å². The number of ether oxygens (including phenoxy) is 1. The van der Waals surface area contributed by atoms with E-state index in [1.165, 1.54) is 0 Å². The molecule has 0 amide bonds. The highest BCUT2D eigenvalue weighted by Crippen LogP contribution is 2.12. The van der Waals surface area contributed by atoms with E-state index < -0.39 is 24.6 Å². The van der Waals surface area contributed by atoms with Gasteiger partial charge in [0, 0.05) is 0 Å². The summed E-state index contributed by atoms with van der Waals surface area (Å²) in [7, 11) is 0. The summed E-state index contributed by atoms with van der Waals surface area (Å²) in [5.74, 6) is 0. The van der Waals surface area contributed by atoms with Gasteiger partial charge in [-0.15, -0.1) is 0 Å². The summed E-state index contributed by atoms with van der Waals surface area (Å²) in [5.41, 5.74) is 0. The number of aliphatic hydroxyl groups excluding tert-OH is 4. The Morgan fingerprint density at radius 1 is 1.00 bits per heavy atom. The first kappa shape index (κ1) is 7.90. The van der Waals surface area contributed by atoms with Crippen molar-refractivity contribution in [2.45, 2.75) is 24.6 Å². The minimum absolute atomic E-state index is 0.153. The fourth-order valence-electron chi connectivity index (χ4n) is 0.791. The molecule has 0 aromatic heterocycles. The Bertz CT molecular complexity index is 103. The number of hydrogen-bond acceptors (Lipinski definition) is 5. The van der Waals surface area contributed by atoms with Gasteiger partial charge in [0.15, 0.2) is 6.29 Å². The molecule has 4 atom stereocenters. The van der Waals surface area contributed by atoms with Crippen molar-refractivity contribution in [2.24, 2.45) is 0 Å². The van der Waals surface area contributed by atoms with Gasteiger partial charge in [-0.3, -0.25) is 0 Å². The summed E-state index contributed by atoms with van der Waals surface area (Å²) in [6, 6.07) is 0. The lowest BCUT2D eigenvalue weighted by Crippen LogP contribution is -2.52. The summed E-state index contributed by atoms with van der Waals surface area (Å²) in [6.07, 6.45) is -5.23. The molecule has 0 radical (unpaired) electrons. The molecule has 0 spiro atoms. The van der Waals surface area contributed by atoms with Crippen molar-refractivity contribution in [2.75, 3.05) is 6.61 Å². The average Bonchev–Trinajstić information content (AvgIpc) is 1.93. The molecule has 1 saturated heterocycles. The van der Waals surface area contributed by atoms with Crippen molar-refractivity contribution in [1.82, 2.24) is 0 Å². The zero-order chi connectivity index (χ0) is 7.72. The van der Waals surface area contributed by atoms with Crippen LogP contribution in [0.5, 0.6) is 0 Å². The van der Waals surface area contributed by atoms with Crippen molar-refractivity contribution < 1.29 is 25.2 Å². The van der Waals surface area contributed by atoms with E-state index in [2.05, 4.69) is 4.74 Å². The van der Waals surface area contributed by atoms with E-state index in [1.807, 2.05) is 0 Å². The highest BCUT2D eigenvalue weighted by Gasteiger charge is 2.36. The van der Waals surface area contributed by atoms with Crippen LogP contribution in [0.4, 0.5) is 0 Å². The second kappa shape index (κ2) is 2.81. The Hall–Kier alpha value is -0.200. The molecule has 0 bridgehead atoms. The van der Waals surface area contributed by atoms with Crippen LogP contribution in [0.2, 0.25) is 0 Å². The monoisotopic (exact) mass is 151 g/mol. The van der Waals surface area contributed by atoms with E-state index in [9.17, 15) is 0 Å². The van der Waals surface area contributed by atoms with Crippen LogP contribution in [-0.4, -0.2) is 51.6 Å². The van der Waals surface area contributed by atoms with Gasteiger partial charge in [-0.25, -0.2) is 0 Å². The van der Waals surface area contributed by atoms with Gasteiger partial charge in [0.2, 0.25) is 0 Å². The average molecular weight is 151 g/mol. The summed E-state index contributed by atoms with van der Waals surface area (Å²) in [6.45, 7) is -0.153. The van der Waals surface area contributed by atoms with Crippen molar-refractivity contribution >= 4 is 0 Å². The van der Waals surface area contributed by atoms with Crippen LogP contribution >= 0.6 is 0 Å². The maximum absolute atomic E-state index is 8.88. The third-order valence-corrected chi connectivity index (χ3v) is 1.47. The normalized spacial score (nSPS) is 49.2. The highest BCUT2D eigenvalue weighted by molar-refractivity contribution is 4.81. The topological polar surface area (TPSA) is 90.2 Å². The van der Waals surface area contributed by atoms with Crippen LogP contribution in [0.15, 0.2) is 0 Å². The molecule has 0 aromatic rings. The van der Waals surface area contributed by atoms with Crippen molar-refractivity contribution in [3.05, 3.63) is 0 Å². The molecular weight excluding hydrogens is 141 g/mol.